The van der Waals surface area contributed by atoms with Gasteiger partial charge in [0, 0.05) is 0 Å². The van der Waals surface area contributed by atoms with Crippen LogP contribution >= 0.6 is 0 Å². The topological polar surface area (TPSA) is 69.7 Å². The Hall–Kier alpha value is -2.51. The van der Waals surface area contributed by atoms with Crippen molar-refractivity contribution in [3.05, 3.63) is 72.6 Å². The van der Waals surface area contributed by atoms with E-state index in [2.05, 4.69) is 0 Å². The van der Waals surface area contributed by atoms with Crippen LogP contribution < -0.4 is 4.74 Å². The molecule has 1 unspecified atom stereocenters. The van der Waals surface area contributed by atoms with E-state index >= 15 is 0 Å². The summed E-state index contributed by atoms with van der Waals surface area (Å²) in [6.07, 6.45) is 3.09. The van der Waals surface area contributed by atoms with Crippen molar-refractivity contribution in [1.82, 2.24) is 0 Å². The van der Waals surface area contributed by atoms with Crippen molar-refractivity contribution in [2.45, 2.75) is 30.8 Å². The third-order valence-electron chi connectivity index (χ3n) is 3.55. The molecule has 27 heavy (non-hydrogen) atoms. The van der Waals surface area contributed by atoms with Crippen molar-refractivity contribution in [3.63, 3.8) is 0 Å². The Bertz CT molecular complexity index is 861. The van der Waals surface area contributed by atoms with Crippen LogP contribution in [0, 0.1) is 5.82 Å². The van der Waals surface area contributed by atoms with Gasteiger partial charge >= 0.3 is 0 Å². The summed E-state index contributed by atoms with van der Waals surface area (Å²) < 4.78 is 48.7. The van der Waals surface area contributed by atoms with Crippen molar-refractivity contribution in [2.24, 2.45) is 0 Å². The molecule has 0 radical (unpaired) electrons. The number of ketones is 1. The second-order valence-electron chi connectivity index (χ2n) is 5.84. The lowest BCUT2D eigenvalue weighted by Crippen LogP contribution is -2.25. The zero-order valence-electron chi connectivity index (χ0n) is 14.9. The van der Waals surface area contributed by atoms with Gasteiger partial charge in [0.25, 0.3) is 10.1 Å². The second kappa shape index (κ2) is 9.99. The molecular weight excluding hydrogens is 371 g/mol. The van der Waals surface area contributed by atoms with Crippen molar-refractivity contribution in [2.75, 3.05) is 6.61 Å². The Balaban J connectivity index is 2.06. The maximum atomic E-state index is 13.0. The third kappa shape index (κ3) is 7.32. The molecule has 0 aromatic heterocycles. The molecule has 2 aromatic rings. The molecule has 0 spiro atoms. The van der Waals surface area contributed by atoms with Crippen molar-refractivity contribution in [1.29, 1.82) is 0 Å². The lowest BCUT2D eigenvalue weighted by Gasteiger charge is -2.18. The molecule has 0 N–H and O–H groups in total. The predicted molar refractivity (Wildman–Crippen MR) is 99.5 cm³/mol. The van der Waals surface area contributed by atoms with E-state index in [1.807, 2.05) is 0 Å². The maximum absolute atomic E-state index is 13.0. The zero-order valence-corrected chi connectivity index (χ0v) is 15.7. The smallest absolute Gasteiger partial charge is 0.297 e. The fraction of sp³-hybridized carbons (Fsp3) is 0.250. The molecule has 2 rings (SSSR count). The van der Waals surface area contributed by atoms with E-state index in [4.69, 9.17) is 8.92 Å². The summed E-state index contributed by atoms with van der Waals surface area (Å²) in [7, 11) is -3.96. The van der Waals surface area contributed by atoms with E-state index in [1.54, 1.807) is 24.3 Å². The molecule has 0 amide bonds. The minimum atomic E-state index is -3.96. The molecule has 0 aliphatic heterocycles. The molecule has 0 heterocycles. The number of rotatable bonds is 10. The van der Waals surface area contributed by atoms with Crippen LogP contribution in [0.3, 0.4) is 0 Å². The highest BCUT2D eigenvalue weighted by Crippen LogP contribution is 2.18. The summed E-state index contributed by atoms with van der Waals surface area (Å²) in [5.41, 5.74) is 0. The van der Waals surface area contributed by atoms with Gasteiger partial charge in [-0.05, 0) is 62.2 Å². The van der Waals surface area contributed by atoms with Crippen LogP contribution in [-0.2, 0) is 19.1 Å². The number of carbonyl (C=O) groups is 1. The standard InChI is InChI=1S/C20H21FO5S/c1-16(22)7-5-6-8-19(15-25-18-13-11-17(21)12-14-18)26-27(23,24)20-9-3-2-4-10-20/h2-5,7,9-14,19H,6,8,15H2,1H3/b7-5+. The summed E-state index contributed by atoms with van der Waals surface area (Å²) in [6, 6.07) is 13.2. The van der Waals surface area contributed by atoms with Gasteiger partial charge in [-0.2, -0.15) is 8.42 Å². The van der Waals surface area contributed by atoms with E-state index in [0.717, 1.165) is 0 Å². The van der Waals surface area contributed by atoms with Crippen LogP contribution in [0.4, 0.5) is 4.39 Å². The highest BCUT2D eigenvalue weighted by molar-refractivity contribution is 7.86. The van der Waals surface area contributed by atoms with E-state index in [-0.39, 0.29) is 17.3 Å². The molecule has 5 nitrogen and oxygen atoms in total. The van der Waals surface area contributed by atoms with Gasteiger partial charge < -0.3 is 4.74 Å². The summed E-state index contributed by atoms with van der Waals surface area (Å²) in [4.78, 5) is 11.0. The normalized spacial score (nSPS) is 12.8. The predicted octanol–water partition coefficient (Wildman–Crippen LogP) is 3.90. The summed E-state index contributed by atoms with van der Waals surface area (Å²) in [5.74, 6) is -0.0792. The van der Waals surface area contributed by atoms with Gasteiger partial charge in [-0.25, -0.2) is 4.39 Å². The summed E-state index contributed by atoms with van der Waals surface area (Å²) in [5, 5.41) is 0. The lowest BCUT2D eigenvalue weighted by molar-refractivity contribution is -0.112. The lowest BCUT2D eigenvalue weighted by atomic mass is 10.2. The highest BCUT2D eigenvalue weighted by Gasteiger charge is 2.22. The first kappa shape index (κ1) is 20.8. The molecule has 7 heteroatoms. The summed E-state index contributed by atoms with van der Waals surface area (Å²) >= 11 is 0. The largest absolute Gasteiger partial charge is 0.491 e. The van der Waals surface area contributed by atoms with Crippen molar-refractivity contribution >= 4 is 15.9 Å². The molecule has 0 aliphatic carbocycles. The number of hydrogen-bond donors (Lipinski definition) is 0. The van der Waals surface area contributed by atoms with Gasteiger partial charge in [0.2, 0.25) is 0 Å². The van der Waals surface area contributed by atoms with E-state index in [0.29, 0.717) is 18.6 Å². The van der Waals surface area contributed by atoms with Gasteiger partial charge in [0.05, 0.1) is 4.90 Å². The van der Waals surface area contributed by atoms with Crippen LogP contribution in [0.25, 0.3) is 0 Å². The second-order valence-corrected chi connectivity index (χ2v) is 7.41. The van der Waals surface area contributed by atoms with Gasteiger partial charge in [-0.3, -0.25) is 8.98 Å². The van der Waals surface area contributed by atoms with Crippen LogP contribution in [0.2, 0.25) is 0 Å². The average Bonchev–Trinajstić information content (AvgIpc) is 2.64. The highest BCUT2D eigenvalue weighted by atomic mass is 32.2. The molecule has 0 saturated carbocycles. The minimum Gasteiger partial charge on any atom is -0.491 e. The SMILES string of the molecule is CC(=O)/C=C/CCC(COc1ccc(F)cc1)OS(=O)(=O)c1ccccc1. The van der Waals surface area contributed by atoms with Crippen LogP contribution in [0.15, 0.2) is 71.6 Å². The van der Waals surface area contributed by atoms with E-state index in [9.17, 15) is 17.6 Å². The third-order valence-corrected chi connectivity index (χ3v) is 4.93. The van der Waals surface area contributed by atoms with Crippen LogP contribution in [0.5, 0.6) is 5.75 Å². The number of halogens is 1. The molecular formula is C20H21FO5S. The minimum absolute atomic E-state index is 0.0361. The zero-order chi connectivity index (χ0) is 19.7. The number of hydrogen-bond acceptors (Lipinski definition) is 5. The number of carbonyl (C=O) groups excluding carboxylic acids is 1. The molecule has 0 fully saturated rings. The van der Waals surface area contributed by atoms with E-state index < -0.39 is 22.0 Å². The van der Waals surface area contributed by atoms with Gasteiger partial charge in [0.1, 0.15) is 24.3 Å². The van der Waals surface area contributed by atoms with Gasteiger partial charge in [-0.15, -0.1) is 0 Å². The van der Waals surface area contributed by atoms with Gasteiger partial charge in [0.15, 0.2) is 5.78 Å². The fourth-order valence-corrected chi connectivity index (χ4v) is 3.34. The monoisotopic (exact) mass is 392 g/mol. The van der Waals surface area contributed by atoms with E-state index in [1.165, 1.54) is 49.4 Å². The molecule has 0 aliphatic rings. The van der Waals surface area contributed by atoms with Gasteiger partial charge in [-0.1, -0.05) is 24.3 Å². The first-order valence-electron chi connectivity index (χ1n) is 8.40. The Labute approximate surface area is 158 Å². The van der Waals surface area contributed by atoms with Crippen molar-refractivity contribution < 1.29 is 26.5 Å². The van der Waals surface area contributed by atoms with Crippen molar-refractivity contribution in [3.8, 4) is 5.75 Å². The maximum Gasteiger partial charge on any atom is 0.297 e. The van der Waals surface area contributed by atoms with Crippen LogP contribution in [-0.4, -0.2) is 26.9 Å². The molecule has 144 valence electrons. The first-order chi connectivity index (χ1) is 12.9. The Kier molecular flexibility index (Phi) is 7.69. The fourth-order valence-electron chi connectivity index (χ4n) is 2.23. The molecule has 1 atom stereocenters. The number of allylic oxidation sites excluding steroid dienone is 2. The molecule has 2 aromatic carbocycles. The summed E-state index contributed by atoms with van der Waals surface area (Å²) in [6.45, 7) is 1.40. The average molecular weight is 392 g/mol. The Morgan fingerprint density at radius 2 is 1.78 bits per heavy atom. The molecule has 0 bridgehead atoms. The first-order valence-corrected chi connectivity index (χ1v) is 9.81. The Morgan fingerprint density at radius 3 is 2.41 bits per heavy atom. The quantitative estimate of drug-likeness (QED) is 0.453. The number of benzene rings is 2. The Morgan fingerprint density at radius 1 is 1.11 bits per heavy atom. The van der Waals surface area contributed by atoms with Crippen LogP contribution in [0.1, 0.15) is 19.8 Å². The number of ether oxygens (including phenoxy) is 1. The molecule has 0 saturated heterocycles.